The van der Waals surface area contributed by atoms with Crippen molar-refractivity contribution < 1.29 is 4.79 Å². The van der Waals surface area contributed by atoms with E-state index in [1.165, 1.54) is 25.4 Å². The highest BCUT2D eigenvalue weighted by molar-refractivity contribution is 5.91. The van der Waals surface area contributed by atoms with Crippen molar-refractivity contribution >= 4 is 5.91 Å². The molecule has 0 bridgehead atoms. The van der Waals surface area contributed by atoms with E-state index in [1.807, 2.05) is 0 Å². The molecule has 5 nitrogen and oxygen atoms in total. The smallest absolute Gasteiger partial charge is 0.269 e. The van der Waals surface area contributed by atoms with E-state index in [1.54, 1.807) is 0 Å². The summed E-state index contributed by atoms with van der Waals surface area (Å²) < 4.78 is 0. The van der Waals surface area contributed by atoms with Gasteiger partial charge >= 0.3 is 0 Å². The van der Waals surface area contributed by atoms with Gasteiger partial charge in [-0.2, -0.15) is 0 Å². The summed E-state index contributed by atoms with van der Waals surface area (Å²) in [6, 6.07) is 0.576. The standard InChI is InChI=1S/C10H16N4O/c15-10(9-6-11-7-14-9)13-5-3-8-2-1-4-12-8/h6-8,12H,1-5H2,(H,11,14)(H,13,15)/t8-/m0/s1. The van der Waals surface area contributed by atoms with Crippen molar-refractivity contribution in [1.82, 2.24) is 20.6 Å². The van der Waals surface area contributed by atoms with Crippen LogP contribution in [-0.4, -0.2) is 35.0 Å². The molecule has 0 radical (unpaired) electrons. The van der Waals surface area contributed by atoms with Crippen LogP contribution in [0.15, 0.2) is 12.5 Å². The zero-order chi connectivity index (χ0) is 10.5. The molecule has 1 aromatic rings. The van der Waals surface area contributed by atoms with Crippen LogP contribution >= 0.6 is 0 Å². The number of imidazole rings is 1. The third-order valence-corrected chi connectivity index (χ3v) is 2.68. The van der Waals surface area contributed by atoms with Crippen LogP contribution in [0.3, 0.4) is 0 Å². The first kappa shape index (κ1) is 10.2. The monoisotopic (exact) mass is 208 g/mol. The first-order valence-electron chi connectivity index (χ1n) is 5.36. The number of hydrogen-bond acceptors (Lipinski definition) is 3. The Labute approximate surface area is 88.7 Å². The Balaban J connectivity index is 1.67. The number of amides is 1. The molecule has 0 aromatic carbocycles. The van der Waals surface area contributed by atoms with Crippen LogP contribution in [0, 0.1) is 0 Å². The van der Waals surface area contributed by atoms with Gasteiger partial charge in [-0.25, -0.2) is 4.98 Å². The molecule has 0 saturated carbocycles. The van der Waals surface area contributed by atoms with E-state index in [-0.39, 0.29) is 5.91 Å². The fraction of sp³-hybridized carbons (Fsp3) is 0.600. The van der Waals surface area contributed by atoms with Crippen LogP contribution in [0.25, 0.3) is 0 Å². The molecule has 1 aliphatic heterocycles. The Morgan fingerprint density at radius 2 is 2.60 bits per heavy atom. The van der Waals surface area contributed by atoms with Crippen molar-refractivity contribution in [3.63, 3.8) is 0 Å². The number of H-pyrrole nitrogens is 1. The molecule has 1 aromatic heterocycles. The van der Waals surface area contributed by atoms with E-state index in [0.29, 0.717) is 11.7 Å². The number of aromatic nitrogens is 2. The van der Waals surface area contributed by atoms with Crippen molar-refractivity contribution in [1.29, 1.82) is 0 Å². The van der Waals surface area contributed by atoms with Crippen LogP contribution in [0.5, 0.6) is 0 Å². The molecule has 2 heterocycles. The van der Waals surface area contributed by atoms with E-state index >= 15 is 0 Å². The SMILES string of the molecule is O=C(NCC[C@@H]1CCCN1)c1cnc[nH]1. The average molecular weight is 208 g/mol. The largest absolute Gasteiger partial charge is 0.351 e. The van der Waals surface area contributed by atoms with Crippen LogP contribution < -0.4 is 10.6 Å². The number of rotatable bonds is 4. The molecule has 82 valence electrons. The highest BCUT2D eigenvalue weighted by Gasteiger charge is 2.14. The number of carbonyl (C=O) groups excluding carboxylic acids is 1. The van der Waals surface area contributed by atoms with E-state index in [9.17, 15) is 4.79 Å². The molecule has 0 aliphatic carbocycles. The minimum Gasteiger partial charge on any atom is -0.351 e. The molecule has 1 aliphatic rings. The second-order valence-corrected chi connectivity index (χ2v) is 3.80. The molecule has 0 spiro atoms. The summed E-state index contributed by atoms with van der Waals surface area (Å²) >= 11 is 0. The predicted molar refractivity (Wildman–Crippen MR) is 56.6 cm³/mol. The fourth-order valence-electron chi connectivity index (χ4n) is 1.84. The Morgan fingerprint density at radius 1 is 1.67 bits per heavy atom. The third-order valence-electron chi connectivity index (χ3n) is 2.68. The fourth-order valence-corrected chi connectivity index (χ4v) is 1.84. The van der Waals surface area contributed by atoms with Crippen LogP contribution in [0.2, 0.25) is 0 Å². The van der Waals surface area contributed by atoms with E-state index in [0.717, 1.165) is 19.5 Å². The van der Waals surface area contributed by atoms with Gasteiger partial charge in [-0.15, -0.1) is 0 Å². The summed E-state index contributed by atoms with van der Waals surface area (Å²) in [7, 11) is 0. The Hall–Kier alpha value is -1.36. The van der Waals surface area contributed by atoms with Crippen molar-refractivity contribution in [2.24, 2.45) is 0 Å². The zero-order valence-electron chi connectivity index (χ0n) is 8.62. The average Bonchev–Trinajstić information content (AvgIpc) is 2.90. The van der Waals surface area contributed by atoms with E-state index in [2.05, 4.69) is 20.6 Å². The van der Waals surface area contributed by atoms with Gasteiger partial charge in [0.1, 0.15) is 5.69 Å². The summed E-state index contributed by atoms with van der Waals surface area (Å²) in [6.07, 6.45) is 6.51. The summed E-state index contributed by atoms with van der Waals surface area (Å²) in [5.74, 6) is -0.0782. The van der Waals surface area contributed by atoms with Gasteiger partial charge in [0, 0.05) is 12.6 Å². The molecule has 1 saturated heterocycles. The first-order valence-corrected chi connectivity index (χ1v) is 5.36. The molecule has 0 unspecified atom stereocenters. The lowest BCUT2D eigenvalue weighted by Crippen LogP contribution is -2.30. The van der Waals surface area contributed by atoms with Crippen molar-refractivity contribution in [2.75, 3.05) is 13.1 Å². The number of nitrogens with zero attached hydrogens (tertiary/aromatic N) is 1. The molecule has 5 heteroatoms. The lowest BCUT2D eigenvalue weighted by atomic mass is 10.1. The number of nitrogens with one attached hydrogen (secondary N) is 3. The van der Waals surface area contributed by atoms with Crippen LogP contribution in [-0.2, 0) is 0 Å². The lowest BCUT2D eigenvalue weighted by Gasteiger charge is -2.09. The Bertz CT molecular complexity index is 303. The maximum absolute atomic E-state index is 11.5. The third kappa shape index (κ3) is 2.79. The van der Waals surface area contributed by atoms with Crippen molar-refractivity contribution in [3.8, 4) is 0 Å². The maximum atomic E-state index is 11.5. The molecule has 3 N–H and O–H groups in total. The molecule has 1 fully saturated rings. The van der Waals surface area contributed by atoms with Crippen molar-refractivity contribution in [3.05, 3.63) is 18.2 Å². The van der Waals surface area contributed by atoms with Gasteiger partial charge in [0.2, 0.25) is 0 Å². The summed E-state index contributed by atoms with van der Waals surface area (Å²) in [4.78, 5) is 18.1. The second-order valence-electron chi connectivity index (χ2n) is 3.80. The molecule has 2 rings (SSSR count). The van der Waals surface area contributed by atoms with Crippen LogP contribution in [0.1, 0.15) is 29.8 Å². The summed E-state index contributed by atoms with van der Waals surface area (Å²) in [5.41, 5.74) is 0.523. The quantitative estimate of drug-likeness (QED) is 0.665. The van der Waals surface area contributed by atoms with Gasteiger partial charge in [-0.3, -0.25) is 4.79 Å². The van der Waals surface area contributed by atoms with Gasteiger partial charge in [0.25, 0.3) is 5.91 Å². The van der Waals surface area contributed by atoms with Gasteiger partial charge in [0.05, 0.1) is 12.5 Å². The van der Waals surface area contributed by atoms with Crippen molar-refractivity contribution in [2.45, 2.75) is 25.3 Å². The Morgan fingerprint density at radius 3 is 3.27 bits per heavy atom. The molecule has 1 atom stereocenters. The minimum absolute atomic E-state index is 0.0782. The first-order chi connectivity index (χ1) is 7.36. The van der Waals surface area contributed by atoms with Gasteiger partial charge in [-0.1, -0.05) is 0 Å². The number of carbonyl (C=O) groups is 1. The molecular weight excluding hydrogens is 192 g/mol. The summed E-state index contributed by atoms with van der Waals surface area (Å²) in [5, 5.41) is 6.26. The number of hydrogen-bond donors (Lipinski definition) is 3. The molecule has 1 amide bonds. The van der Waals surface area contributed by atoms with Gasteiger partial charge < -0.3 is 15.6 Å². The zero-order valence-corrected chi connectivity index (χ0v) is 8.62. The highest BCUT2D eigenvalue weighted by atomic mass is 16.1. The topological polar surface area (TPSA) is 69.8 Å². The van der Waals surface area contributed by atoms with E-state index < -0.39 is 0 Å². The lowest BCUT2D eigenvalue weighted by molar-refractivity contribution is 0.0948. The van der Waals surface area contributed by atoms with Gasteiger partial charge in [0.15, 0.2) is 0 Å². The maximum Gasteiger partial charge on any atom is 0.269 e. The highest BCUT2D eigenvalue weighted by Crippen LogP contribution is 2.07. The Kier molecular flexibility index (Phi) is 3.34. The molecule has 15 heavy (non-hydrogen) atoms. The summed E-state index contributed by atoms with van der Waals surface area (Å²) in [6.45, 7) is 1.83. The van der Waals surface area contributed by atoms with E-state index in [4.69, 9.17) is 0 Å². The predicted octanol–water partition coefficient (Wildman–Crippen LogP) is 0.282. The van der Waals surface area contributed by atoms with Gasteiger partial charge in [-0.05, 0) is 25.8 Å². The second kappa shape index (κ2) is 4.93. The molecular formula is C10H16N4O. The normalized spacial score (nSPS) is 20.4. The minimum atomic E-state index is -0.0782. The van der Waals surface area contributed by atoms with Crippen LogP contribution in [0.4, 0.5) is 0 Å². The number of aromatic amines is 1.